The average molecular weight is 228 g/mol. The van der Waals surface area contributed by atoms with Gasteiger partial charge in [0, 0.05) is 0 Å². The smallest absolute Gasteiger partial charge is 0.269 e. The normalized spacial score (nSPS) is 10.2. The van der Waals surface area contributed by atoms with Crippen molar-refractivity contribution in [2.45, 2.75) is 6.16 Å². The van der Waals surface area contributed by atoms with Crippen molar-refractivity contribution in [3.05, 3.63) is 35.9 Å². The van der Waals surface area contributed by atoms with E-state index < -0.39 is 7.26 Å². The molecule has 0 nitrogen and oxygen atoms in total. The van der Waals surface area contributed by atoms with Crippen LogP contribution in [0.2, 0.25) is 0 Å². The molecule has 4 heteroatoms. The molecule has 0 aliphatic rings. The van der Waals surface area contributed by atoms with Crippen LogP contribution in [0.1, 0.15) is 5.56 Å². The second kappa shape index (κ2) is 7.81. The molecule has 0 saturated heterocycles. The standard InChI is InChI=1S/C10H17P.3FH/c1-11(2,3)9-10-7-5-4-6-8-10;;;/h4-8,11H,9H2,1-3H3;3*1H. The Hall–Kier alpha value is -0.560. The van der Waals surface area contributed by atoms with Crippen molar-refractivity contribution in [3.8, 4) is 0 Å². The van der Waals surface area contributed by atoms with Gasteiger partial charge in [0.15, 0.2) is 0 Å². The third-order valence-electron chi connectivity index (χ3n) is 1.58. The van der Waals surface area contributed by atoms with Gasteiger partial charge in [0.1, 0.15) is 0 Å². The van der Waals surface area contributed by atoms with E-state index in [0.29, 0.717) is 0 Å². The molecule has 0 amide bonds. The Balaban J connectivity index is -0.000000403. The fraction of sp³-hybridized carbons (Fsp3) is 0.400. The first kappa shape index (κ1) is 19.1. The molecule has 14 heavy (non-hydrogen) atoms. The van der Waals surface area contributed by atoms with E-state index in [1.54, 1.807) is 0 Å². The first-order chi connectivity index (χ1) is 5.08. The van der Waals surface area contributed by atoms with Crippen LogP contribution >= 0.6 is 7.26 Å². The summed E-state index contributed by atoms with van der Waals surface area (Å²) >= 11 is 0. The van der Waals surface area contributed by atoms with E-state index >= 15 is 0 Å². The largest absolute Gasteiger partial charge is 0.269 e. The summed E-state index contributed by atoms with van der Waals surface area (Å²) in [6.45, 7) is 7.21. The van der Waals surface area contributed by atoms with Crippen LogP contribution in [-0.4, -0.2) is 20.0 Å². The molecule has 0 saturated carbocycles. The van der Waals surface area contributed by atoms with Crippen LogP contribution in [0.3, 0.4) is 0 Å². The summed E-state index contributed by atoms with van der Waals surface area (Å²) in [6, 6.07) is 10.8. The minimum atomic E-state index is -0.898. The molecule has 0 bridgehead atoms. The van der Waals surface area contributed by atoms with Gasteiger partial charge in [0.05, 0.1) is 0 Å². The second-order valence-corrected chi connectivity index (χ2v) is 9.70. The van der Waals surface area contributed by atoms with Crippen molar-refractivity contribution in [2.24, 2.45) is 0 Å². The van der Waals surface area contributed by atoms with Crippen molar-refractivity contribution < 1.29 is 14.1 Å². The van der Waals surface area contributed by atoms with Crippen molar-refractivity contribution in [1.29, 1.82) is 0 Å². The van der Waals surface area contributed by atoms with Crippen LogP contribution in [0.5, 0.6) is 0 Å². The van der Waals surface area contributed by atoms with Gasteiger partial charge in [0.25, 0.3) is 0 Å². The summed E-state index contributed by atoms with van der Waals surface area (Å²) < 4.78 is 0. The van der Waals surface area contributed by atoms with Gasteiger partial charge in [-0.1, -0.05) is 0 Å². The fourth-order valence-electron chi connectivity index (χ4n) is 1.21. The molecule has 0 atom stereocenters. The Labute approximate surface area is 84.2 Å². The molecule has 1 aromatic rings. The van der Waals surface area contributed by atoms with Crippen LogP contribution in [0.15, 0.2) is 30.3 Å². The summed E-state index contributed by atoms with van der Waals surface area (Å²) in [5.41, 5.74) is 1.49. The molecule has 0 spiro atoms. The summed E-state index contributed by atoms with van der Waals surface area (Å²) in [5, 5.41) is 0. The van der Waals surface area contributed by atoms with Crippen LogP contribution < -0.4 is 0 Å². The maximum Gasteiger partial charge on any atom is -0.269 e. The van der Waals surface area contributed by atoms with E-state index in [1.807, 2.05) is 0 Å². The zero-order valence-corrected chi connectivity index (χ0v) is 9.82. The SMILES string of the molecule is C[PH](C)(C)Cc1ccccc1.F.F.F. The molecule has 0 N–H and O–H groups in total. The Kier molecular flexibility index (Phi) is 10.6. The minimum absolute atomic E-state index is 0. The van der Waals surface area contributed by atoms with Crippen LogP contribution in [-0.2, 0) is 6.16 Å². The van der Waals surface area contributed by atoms with Crippen LogP contribution in [0.4, 0.5) is 14.1 Å². The number of hydrogen-bond donors (Lipinski definition) is 0. The number of rotatable bonds is 2. The van der Waals surface area contributed by atoms with Crippen molar-refractivity contribution in [2.75, 3.05) is 20.0 Å². The molecule has 0 aromatic heterocycles. The molecule has 0 radical (unpaired) electrons. The summed E-state index contributed by atoms with van der Waals surface area (Å²) in [7, 11) is -0.898. The van der Waals surface area contributed by atoms with Crippen molar-refractivity contribution in [3.63, 3.8) is 0 Å². The summed E-state index contributed by atoms with van der Waals surface area (Å²) in [4.78, 5) is 0. The maximum absolute atomic E-state index is 2.40. The Morgan fingerprint density at radius 2 is 1.29 bits per heavy atom. The van der Waals surface area contributed by atoms with E-state index in [1.165, 1.54) is 11.7 Å². The molecule has 1 aromatic carbocycles. The van der Waals surface area contributed by atoms with Gasteiger partial charge in [0.2, 0.25) is 0 Å². The third-order valence-corrected chi connectivity index (χ3v) is 3.05. The minimum Gasteiger partial charge on any atom is -0.269 e. The summed E-state index contributed by atoms with van der Waals surface area (Å²) in [5.74, 6) is 0. The molecule has 0 heterocycles. The Bertz CT molecular complexity index is 219. The zero-order valence-electron chi connectivity index (χ0n) is 8.82. The van der Waals surface area contributed by atoms with E-state index in [2.05, 4.69) is 50.3 Å². The predicted molar refractivity (Wildman–Crippen MR) is 63.7 cm³/mol. The third kappa shape index (κ3) is 8.06. The number of halogens is 3. The van der Waals surface area contributed by atoms with E-state index in [4.69, 9.17) is 0 Å². The van der Waals surface area contributed by atoms with E-state index in [0.717, 1.165) is 0 Å². The molecule has 0 fully saturated rings. The molecule has 0 aliphatic carbocycles. The van der Waals surface area contributed by atoms with E-state index in [9.17, 15) is 0 Å². The maximum atomic E-state index is 2.40. The Morgan fingerprint density at radius 3 is 1.64 bits per heavy atom. The zero-order chi connectivity index (χ0) is 8.32. The van der Waals surface area contributed by atoms with Gasteiger partial charge >= 0.3 is 69.3 Å². The molecular formula is C10H20F3P. The Morgan fingerprint density at radius 1 is 0.857 bits per heavy atom. The predicted octanol–water partition coefficient (Wildman–Crippen LogP) is 3.28. The van der Waals surface area contributed by atoms with Crippen LogP contribution in [0.25, 0.3) is 0 Å². The van der Waals surface area contributed by atoms with Crippen LogP contribution in [0, 0.1) is 0 Å². The fourth-order valence-corrected chi connectivity index (χ4v) is 2.67. The summed E-state index contributed by atoms with van der Waals surface area (Å²) in [6.07, 6.45) is 1.30. The molecular weight excluding hydrogens is 208 g/mol. The topological polar surface area (TPSA) is 0 Å². The molecule has 86 valence electrons. The first-order valence-electron chi connectivity index (χ1n) is 4.12. The second-order valence-electron chi connectivity index (χ2n) is 4.22. The van der Waals surface area contributed by atoms with E-state index in [-0.39, 0.29) is 14.1 Å². The van der Waals surface area contributed by atoms with Gasteiger partial charge in [-0.25, -0.2) is 0 Å². The molecule has 0 aliphatic heterocycles. The van der Waals surface area contributed by atoms with Gasteiger partial charge in [-0.2, -0.15) is 0 Å². The number of hydrogen-bond acceptors (Lipinski definition) is 0. The first-order valence-corrected chi connectivity index (χ1v) is 7.82. The van der Waals surface area contributed by atoms with Gasteiger partial charge in [-0.3, -0.25) is 14.1 Å². The van der Waals surface area contributed by atoms with Crippen molar-refractivity contribution in [1.82, 2.24) is 0 Å². The number of benzene rings is 1. The quantitative estimate of drug-likeness (QED) is 0.681. The van der Waals surface area contributed by atoms with Crippen molar-refractivity contribution >= 4 is 7.26 Å². The van der Waals surface area contributed by atoms with Gasteiger partial charge in [-0.05, 0) is 0 Å². The average Bonchev–Trinajstić information content (AvgIpc) is 1.85. The van der Waals surface area contributed by atoms with Gasteiger partial charge in [-0.15, -0.1) is 0 Å². The molecule has 1 rings (SSSR count). The van der Waals surface area contributed by atoms with Gasteiger partial charge < -0.3 is 0 Å². The molecule has 0 unspecified atom stereocenters. The monoisotopic (exact) mass is 228 g/mol.